The summed E-state index contributed by atoms with van der Waals surface area (Å²) in [5, 5.41) is 1.78. The summed E-state index contributed by atoms with van der Waals surface area (Å²) in [5.41, 5.74) is -2.07. The van der Waals surface area contributed by atoms with Crippen LogP contribution in [0, 0.1) is 0 Å². The average Bonchev–Trinajstić information content (AvgIpc) is 3.25. The van der Waals surface area contributed by atoms with E-state index in [-0.39, 0.29) is 39.3 Å². The molecular weight excluding hydrogens is 551 g/mol. The highest BCUT2D eigenvalue weighted by Crippen LogP contribution is 2.43. The van der Waals surface area contributed by atoms with Crippen LogP contribution in [0.5, 0.6) is 0 Å². The van der Waals surface area contributed by atoms with E-state index in [1.807, 2.05) is 5.16 Å². The Kier molecular flexibility index (Phi) is 8.71. The summed E-state index contributed by atoms with van der Waals surface area (Å²) in [6, 6.07) is 6.51. The number of likely N-dealkylation sites (tertiary alicyclic amines) is 1. The predicted octanol–water partition coefficient (Wildman–Crippen LogP) is 6.44. The van der Waals surface area contributed by atoms with Crippen molar-refractivity contribution in [3.63, 3.8) is 0 Å². The zero-order chi connectivity index (χ0) is 27.6. The number of nitrogens with zero attached hydrogens (tertiary/aromatic N) is 2. The van der Waals surface area contributed by atoms with Gasteiger partial charge in [-0.1, -0.05) is 23.7 Å². The molecule has 7 nitrogen and oxygen atoms in total. The molecule has 0 radical (unpaired) electrons. The smallest absolute Gasteiger partial charge is 0.417 e. The van der Waals surface area contributed by atoms with E-state index in [1.54, 1.807) is 20.8 Å². The minimum Gasteiger partial charge on any atom is -0.444 e. The molecule has 0 aliphatic carbocycles. The molecule has 0 spiro atoms. The van der Waals surface area contributed by atoms with Gasteiger partial charge in [0.15, 0.2) is 0 Å². The number of alkyl halides is 3. The number of halogens is 4. The second-order valence-corrected chi connectivity index (χ2v) is 11.8. The Morgan fingerprint density at radius 1 is 1.24 bits per heavy atom. The van der Waals surface area contributed by atoms with E-state index in [0.29, 0.717) is 19.4 Å². The zero-order valence-corrected chi connectivity index (χ0v) is 22.6. The molecule has 0 aromatic heterocycles. The number of aliphatic imine (C=N–C) groups is 1. The van der Waals surface area contributed by atoms with Gasteiger partial charge in [0.1, 0.15) is 5.60 Å². The van der Waals surface area contributed by atoms with Gasteiger partial charge in [0.2, 0.25) is 10.0 Å². The maximum Gasteiger partial charge on any atom is 0.417 e. The Balaban J connectivity index is 1.81. The highest BCUT2D eigenvalue weighted by atomic mass is 35.5. The van der Waals surface area contributed by atoms with E-state index in [9.17, 15) is 26.4 Å². The lowest BCUT2D eigenvalue weighted by Crippen LogP contribution is -2.45. The van der Waals surface area contributed by atoms with Gasteiger partial charge in [0, 0.05) is 24.7 Å². The molecule has 2 aromatic rings. The second-order valence-electron chi connectivity index (χ2n) is 9.40. The summed E-state index contributed by atoms with van der Waals surface area (Å²) in [5.74, 6) is 0. The maximum atomic E-state index is 13.7. The number of carbonyl (C=O) groups is 1. The first-order valence-corrected chi connectivity index (χ1v) is 13.5. The van der Waals surface area contributed by atoms with Crippen molar-refractivity contribution in [2.45, 2.75) is 56.3 Å². The minimum atomic E-state index is -4.75. The molecule has 1 aliphatic rings. The van der Waals surface area contributed by atoms with Crippen molar-refractivity contribution < 1.29 is 31.1 Å². The zero-order valence-electron chi connectivity index (χ0n) is 20.2. The van der Waals surface area contributed by atoms with Crippen LogP contribution in [-0.4, -0.2) is 49.3 Å². The van der Waals surface area contributed by atoms with Crippen LogP contribution in [0.25, 0.3) is 11.1 Å². The number of hydrogen-bond acceptors (Lipinski definition) is 6. The normalized spacial score (nSPS) is 16.4. The van der Waals surface area contributed by atoms with E-state index in [0.717, 1.165) is 6.07 Å². The number of thiocarbonyl (C=S) groups is 1. The molecule has 0 bridgehead atoms. The van der Waals surface area contributed by atoms with E-state index >= 15 is 0 Å². The molecule has 2 aromatic carbocycles. The Labute approximate surface area is 223 Å². The quantitative estimate of drug-likeness (QED) is 0.316. The van der Waals surface area contributed by atoms with E-state index < -0.39 is 33.5 Å². The van der Waals surface area contributed by atoms with Crippen LogP contribution < -0.4 is 4.72 Å². The average molecular weight is 576 g/mol. The Hall–Kier alpha value is -2.50. The Morgan fingerprint density at radius 3 is 2.46 bits per heavy atom. The first-order valence-electron chi connectivity index (χ1n) is 11.2. The van der Waals surface area contributed by atoms with Crippen molar-refractivity contribution in [2.24, 2.45) is 4.99 Å². The minimum absolute atomic E-state index is 0.0325. The Bertz CT molecular complexity index is 1320. The van der Waals surface area contributed by atoms with Crippen molar-refractivity contribution in [3.05, 3.63) is 47.0 Å². The first kappa shape index (κ1) is 29.1. The topological polar surface area (TPSA) is 88.1 Å². The third-order valence-electron chi connectivity index (χ3n) is 5.52. The van der Waals surface area contributed by atoms with Crippen LogP contribution in [0.4, 0.5) is 23.7 Å². The fourth-order valence-electron chi connectivity index (χ4n) is 3.93. The van der Waals surface area contributed by atoms with Crippen LogP contribution in [0.2, 0.25) is 5.02 Å². The number of sulfonamides is 1. The van der Waals surface area contributed by atoms with Gasteiger partial charge < -0.3 is 9.64 Å². The van der Waals surface area contributed by atoms with Gasteiger partial charge in [-0.15, -0.1) is 0 Å². The van der Waals surface area contributed by atoms with Gasteiger partial charge in [-0.3, -0.25) is 0 Å². The van der Waals surface area contributed by atoms with Gasteiger partial charge in [-0.2, -0.15) is 18.2 Å². The fourth-order valence-corrected chi connectivity index (χ4v) is 5.43. The van der Waals surface area contributed by atoms with Gasteiger partial charge >= 0.3 is 12.3 Å². The highest BCUT2D eigenvalue weighted by molar-refractivity contribution is 7.89. The van der Waals surface area contributed by atoms with Crippen molar-refractivity contribution in [3.8, 4) is 11.1 Å². The number of isothiocyanates is 1. The predicted molar refractivity (Wildman–Crippen MR) is 138 cm³/mol. The first-order chi connectivity index (χ1) is 17.1. The molecule has 13 heteroatoms. The monoisotopic (exact) mass is 575 g/mol. The van der Waals surface area contributed by atoms with Gasteiger partial charge in [-0.05, 0) is 75.7 Å². The molecule has 1 heterocycles. The standard InChI is InChI=1S/C24H25ClF3N3O4S2/c1-23(2,3)35-22(32)31-10-4-5-17(31)13-30-37(33,34)18-8-6-15(7-9-18)21-19(24(26,27)28)11-16(29-14-36)12-20(21)25/h6-9,11-12,17,30H,4-5,10,13H2,1-3H3/t17-/m0/s1. The van der Waals surface area contributed by atoms with Crippen LogP contribution in [0.15, 0.2) is 46.3 Å². The molecular formula is C24H25ClF3N3O4S2. The van der Waals surface area contributed by atoms with Crippen LogP contribution >= 0.6 is 23.8 Å². The van der Waals surface area contributed by atoms with E-state index in [1.165, 1.54) is 35.2 Å². The van der Waals surface area contributed by atoms with Crippen LogP contribution in [0.1, 0.15) is 39.2 Å². The molecule has 1 amide bonds. The largest absolute Gasteiger partial charge is 0.444 e. The lowest BCUT2D eigenvalue weighted by Gasteiger charge is -2.28. The summed E-state index contributed by atoms with van der Waals surface area (Å²) < 4.78 is 74.8. The number of hydrogen-bond donors (Lipinski definition) is 1. The summed E-state index contributed by atoms with van der Waals surface area (Å²) in [6.45, 7) is 5.65. The molecule has 1 atom stereocenters. The molecule has 0 unspecified atom stereocenters. The SMILES string of the molecule is CC(C)(C)OC(=O)N1CCC[C@H]1CNS(=O)(=O)c1ccc(-c2c(Cl)cc(N=C=S)cc2C(F)(F)F)cc1. The summed E-state index contributed by atoms with van der Waals surface area (Å²) in [7, 11) is -4.01. The molecule has 3 rings (SSSR count). The van der Waals surface area contributed by atoms with Crippen molar-refractivity contribution in [2.75, 3.05) is 13.1 Å². The Morgan fingerprint density at radius 2 is 1.89 bits per heavy atom. The summed E-state index contributed by atoms with van der Waals surface area (Å²) in [4.78, 5) is 17.4. The van der Waals surface area contributed by atoms with Crippen LogP contribution in [0.3, 0.4) is 0 Å². The summed E-state index contributed by atoms with van der Waals surface area (Å²) in [6.07, 6.45) is -3.96. The van der Waals surface area contributed by atoms with Gasteiger partial charge in [0.25, 0.3) is 0 Å². The van der Waals surface area contributed by atoms with Crippen molar-refractivity contribution in [1.82, 2.24) is 9.62 Å². The third kappa shape index (κ3) is 7.30. The van der Waals surface area contributed by atoms with Crippen molar-refractivity contribution in [1.29, 1.82) is 0 Å². The fraction of sp³-hybridized carbons (Fsp3) is 0.417. The molecule has 200 valence electrons. The van der Waals surface area contributed by atoms with E-state index in [2.05, 4.69) is 21.9 Å². The molecule has 1 saturated heterocycles. The number of carbonyl (C=O) groups excluding carboxylic acids is 1. The number of nitrogens with one attached hydrogen (secondary N) is 1. The molecule has 1 N–H and O–H groups in total. The lowest BCUT2D eigenvalue weighted by atomic mass is 9.98. The third-order valence-corrected chi connectivity index (χ3v) is 7.35. The molecule has 1 aliphatic heterocycles. The molecule has 0 saturated carbocycles. The summed E-state index contributed by atoms with van der Waals surface area (Å²) >= 11 is 10.6. The second kappa shape index (κ2) is 11.1. The highest BCUT2D eigenvalue weighted by Gasteiger charge is 2.36. The lowest BCUT2D eigenvalue weighted by molar-refractivity contribution is -0.137. The number of rotatable bonds is 6. The molecule has 37 heavy (non-hydrogen) atoms. The maximum absolute atomic E-state index is 13.7. The number of ether oxygens (including phenoxy) is 1. The van der Waals surface area contributed by atoms with Gasteiger partial charge in [0.05, 0.1) is 26.3 Å². The number of benzene rings is 2. The van der Waals surface area contributed by atoms with E-state index in [4.69, 9.17) is 16.3 Å². The van der Waals surface area contributed by atoms with Gasteiger partial charge in [-0.25, -0.2) is 17.9 Å². The van der Waals surface area contributed by atoms with Crippen molar-refractivity contribution >= 4 is 50.8 Å². The molecule has 1 fully saturated rings. The van der Waals surface area contributed by atoms with Crippen LogP contribution in [-0.2, 0) is 20.9 Å². The number of amides is 1.